The minimum Gasteiger partial charge on any atom is -0.341 e. The van der Waals surface area contributed by atoms with Gasteiger partial charge in [0.15, 0.2) is 0 Å². The molecule has 2 atom stereocenters. The highest BCUT2D eigenvalue weighted by molar-refractivity contribution is 9.10. The Kier molecular flexibility index (Phi) is 6.41. The highest BCUT2D eigenvalue weighted by atomic mass is 79.9. The first-order valence-electron chi connectivity index (χ1n) is 9.23. The van der Waals surface area contributed by atoms with E-state index >= 15 is 0 Å². The van der Waals surface area contributed by atoms with Gasteiger partial charge >= 0.3 is 6.18 Å². The Labute approximate surface area is 171 Å². The van der Waals surface area contributed by atoms with Crippen molar-refractivity contribution in [1.82, 2.24) is 9.21 Å². The summed E-state index contributed by atoms with van der Waals surface area (Å²) in [6.45, 7) is 0.0183. The molecule has 156 valence electrons. The summed E-state index contributed by atoms with van der Waals surface area (Å²) >= 11 is 3.26. The number of nitrogens with zero attached hydrogens (tertiary/aromatic N) is 2. The average Bonchev–Trinajstić information content (AvgIpc) is 2.67. The zero-order valence-electron chi connectivity index (χ0n) is 15.2. The predicted octanol–water partition coefficient (Wildman–Crippen LogP) is 3.79. The van der Waals surface area contributed by atoms with E-state index < -0.39 is 40.6 Å². The number of piperidine rings is 2. The molecule has 2 saturated heterocycles. The van der Waals surface area contributed by atoms with Gasteiger partial charge in [0.2, 0.25) is 15.9 Å². The summed E-state index contributed by atoms with van der Waals surface area (Å²) < 4.78 is 67.3. The molecule has 0 aromatic heterocycles. The van der Waals surface area contributed by atoms with Crippen molar-refractivity contribution in [3.63, 3.8) is 0 Å². The van der Waals surface area contributed by atoms with E-state index in [4.69, 9.17) is 0 Å². The van der Waals surface area contributed by atoms with Crippen LogP contribution in [0.2, 0.25) is 0 Å². The largest absolute Gasteiger partial charge is 0.393 e. The lowest BCUT2D eigenvalue weighted by atomic mass is 9.95. The van der Waals surface area contributed by atoms with Gasteiger partial charge in [-0.05, 0) is 49.9 Å². The Hall–Kier alpha value is -1.13. The number of alkyl halides is 3. The molecular weight excluding hydrogens is 461 g/mol. The molecule has 1 aromatic rings. The van der Waals surface area contributed by atoms with Crippen molar-refractivity contribution in [1.29, 1.82) is 0 Å². The van der Waals surface area contributed by atoms with E-state index in [9.17, 15) is 26.4 Å². The molecule has 0 spiro atoms. The molecule has 0 radical (unpaired) electrons. The van der Waals surface area contributed by atoms with Crippen LogP contribution in [0.1, 0.15) is 32.1 Å². The van der Waals surface area contributed by atoms with Gasteiger partial charge in [-0.3, -0.25) is 4.79 Å². The van der Waals surface area contributed by atoms with Crippen LogP contribution in [-0.2, 0) is 14.8 Å². The van der Waals surface area contributed by atoms with E-state index in [1.165, 1.54) is 21.3 Å². The molecule has 28 heavy (non-hydrogen) atoms. The highest BCUT2D eigenvalue weighted by Gasteiger charge is 2.45. The number of hydrogen-bond donors (Lipinski definition) is 0. The van der Waals surface area contributed by atoms with Gasteiger partial charge in [0.1, 0.15) is 6.04 Å². The zero-order valence-corrected chi connectivity index (χ0v) is 17.6. The summed E-state index contributed by atoms with van der Waals surface area (Å²) in [7, 11) is -3.91. The van der Waals surface area contributed by atoms with Crippen molar-refractivity contribution < 1.29 is 26.4 Å². The number of carbonyl (C=O) groups excluding carboxylic acids is 1. The molecule has 1 amide bonds. The van der Waals surface area contributed by atoms with Gasteiger partial charge in [-0.2, -0.15) is 17.5 Å². The molecule has 0 saturated carbocycles. The standard InChI is InChI=1S/C18H22BrF3N2O3S/c19-14-6-8-15(9-7-14)28(26,27)24-11-2-1-5-16(24)17(25)23-10-3-4-13(12-23)18(20,21)22/h6-9,13,16H,1-5,10-12H2/t13-,16-/m1/s1. The fraction of sp³-hybridized carbons (Fsp3) is 0.611. The van der Waals surface area contributed by atoms with Crippen LogP contribution in [0.4, 0.5) is 13.2 Å². The molecule has 2 aliphatic heterocycles. The van der Waals surface area contributed by atoms with Crippen LogP contribution in [0, 0.1) is 5.92 Å². The lowest BCUT2D eigenvalue weighted by Crippen LogP contribution is -2.55. The number of hydrogen-bond acceptors (Lipinski definition) is 3. The third-order valence-corrected chi connectivity index (χ3v) is 7.81. The minimum atomic E-state index is -4.35. The van der Waals surface area contributed by atoms with Crippen molar-refractivity contribution >= 4 is 31.9 Å². The van der Waals surface area contributed by atoms with Gasteiger partial charge in [-0.1, -0.05) is 22.4 Å². The van der Waals surface area contributed by atoms with Gasteiger partial charge in [-0.25, -0.2) is 8.42 Å². The molecule has 2 aliphatic rings. The van der Waals surface area contributed by atoms with Crippen LogP contribution in [-0.4, -0.2) is 55.4 Å². The molecular formula is C18H22BrF3N2O3S. The number of amides is 1. The van der Waals surface area contributed by atoms with Crippen LogP contribution >= 0.6 is 15.9 Å². The zero-order chi connectivity index (χ0) is 20.5. The van der Waals surface area contributed by atoms with Crippen molar-refractivity contribution in [3.8, 4) is 0 Å². The van der Waals surface area contributed by atoms with E-state index in [0.717, 1.165) is 4.47 Å². The SMILES string of the molecule is O=C([C@H]1CCCCN1S(=O)(=O)c1ccc(Br)cc1)N1CCC[C@@H](C(F)(F)F)C1. The first-order valence-corrected chi connectivity index (χ1v) is 11.5. The smallest absolute Gasteiger partial charge is 0.341 e. The maximum absolute atomic E-state index is 13.1. The van der Waals surface area contributed by atoms with Crippen LogP contribution in [0.5, 0.6) is 0 Å². The topological polar surface area (TPSA) is 57.7 Å². The molecule has 3 rings (SSSR count). The van der Waals surface area contributed by atoms with Crippen molar-refractivity contribution in [2.24, 2.45) is 5.92 Å². The number of carbonyl (C=O) groups is 1. The van der Waals surface area contributed by atoms with Gasteiger partial charge in [0.05, 0.1) is 10.8 Å². The van der Waals surface area contributed by atoms with E-state index in [2.05, 4.69) is 15.9 Å². The van der Waals surface area contributed by atoms with E-state index in [1.807, 2.05) is 0 Å². The quantitative estimate of drug-likeness (QED) is 0.658. The van der Waals surface area contributed by atoms with Crippen molar-refractivity contribution in [2.45, 2.75) is 49.2 Å². The third-order valence-electron chi connectivity index (χ3n) is 5.35. The molecule has 0 N–H and O–H groups in total. The third kappa shape index (κ3) is 4.54. The lowest BCUT2D eigenvalue weighted by Gasteiger charge is -2.40. The fourth-order valence-corrected chi connectivity index (χ4v) is 5.75. The average molecular weight is 483 g/mol. The van der Waals surface area contributed by atoms with Crippen molar-refractivity contribution in [2.75, 3.05) is 19.6 Å². The summed E-state index contributed by atoms with van der Waals surface area (Å²) in [6, 6.07) is 5.17. The number of benzene rings is 1. The molecule has 10 heteroatoms. The first kappa shape index (κ1) is 21.6. The summed E-state index contributed by atoms with van der Waals surface area (Å²) in [4.78, 5) is 14.3. The number of sulfonamides is 1. The van der Waals surface area contributed by atoms with Crippen LogP contribution in [0.3, 0.4) is 0 Å². The first-order chi connectivity index (χ1) is 13.1. The second kappa shape index (κ2) is 8.31. The maximum atomic E-state index is 13.1. The molecule has 2 fully saturated rings. The Morgan fingerprint density at radius 2 is 1.71 bits per heavy atom. The second-order valence-corrected chi connectivity index (χ2v) is 10.1. The predicted molar refractivity (Wildman–Crippen MR) is 101 cm³/mol. The Morgan fingerprint density at radius 3 is 2.36 bits per heavy atom. The van der Waals surface area contributed by atoms with E-state index in [-0.39, 0.29) is 30.8 Å². The van der Waals surface area contributed by atoms with Crippen molar-refractivity contribution in [3.05, 3.63) is 28.7 Å². The molecule has 5 nitrogen and oxygen atoms in total. The van der Waals surface area contributed by atoms with Gasteiger partial charge in [-0.15, -0.1) is 0 Å². The molecule has 0 aliphatic carbocycles. The van der Waals surface area contributed by atoms with Gasteiger partial charge in [0, 0.05) is 24.1 Å². The Bertz CT molecular complexity index is 814. The number of halogens is 4. The molecule has 0 bridgehead atoms. The summed E-state index contributed by atoms with van der Waals surface area (Å²) in [5.74, 6) is -2.07. The van der Waals surface area contributed by atoms with Crippen LogP contribution < -0.4 is 0 Å². The van der Waals surface area contributed by atoms with E-state index in [1.54, 1.807) is 12.1 Å². The summed E-state index contributed by atoms with van der Waals surface area (Å²) in [5.41, 5.74) is 0. The van der Waals surface area contributed by atoms with Gasteiger partial charge < -0.3 is 4.90 Å². The highest BCUT2D eigenvalue weighted by Crippen LogP contribution is 2.34. The van der Waals surface area contributed by atoms with Gasteiger partial charge in [0.25, 0.3) is 0 Å². The van der Waals surface area contributed by atoms with E-state index in [0.29, 0.717) is 19.3 Å². The summed E-state index contributed by atoms with van der Waals surface area (Å²) in [6.07, 6.45) is -2.48. The molecule has 2 heterocycles. The summed E-state index contributed by atoms with van der Waals surface area (Å²) in [5, 5.41) is 0. The molecule has 1 aromatic carbocycles. The monoisotopic (exact) mass is 482 g/mol. The minimum absolute atomic E-state index is 0.00114. The number of likely N-dealkylation sites (tertiary alicyclic amines) is 1. The lowest BCUT2D eigenvalue weighted by molar-refractivity contribution is -0.188. The maximum Gasteiger partial charge on any atom is 0.393 e. The van der Waals surface area contributed by atoms with Crippen LogP contribution in [0.25, 0.3) is 0 Å². The Balaban J connectivity index is 1.83. The van der Waals surface area contributed by atoms with Crippen LogP contribution in [0.15, 0.2) is 33.6 Å². The fourth-order valence-electron chi connectivity index (χ4n) is 3.84. The molecule has 0 unspecified atom stereocenters. The Morgan fingerprint density at radius 1 is 1.04 bits per heavy atom. The second-order valence-electron chi connectivity index (χ2n) is 7.25. The normalized spacial score (nSPS) is 24.9. The number of rotatable bonds is 3.